The maximum Gasteiger partial charge on any atom is 0.00226 e. The van der Waals surface area contributed by atoms with Gasteiger partial charge in [-0.15, -0.1) is 0 Å². The van der Waals surface area contributed by atoms with Crippen LogP contribution in [0.15, 0.2) is 12.3 Å². The van der Waals surface area contributed by atoms with Gasteiger partial charge in [0.25, 0.3) is 0 Å². The first-order chi connectivity index (χ1) is 3.81. The molecule has 2 heteroatoms. The normalized spacial score (nSPS) is 10.4. The predicted molar refractivity (Wildman–Crippen MR) is 35.2 cm³/mol. The molecule has 0 saturated carbocycles. The lowest BCUT2D eigenvalue weighted by Gasteiger charge is -2.23. The molecule has 0 amide bonds. The summed E-state index contributed by atoms with van der Waals surface area (Å²) in [6.45, 7) is 4.36. The Balaban J connectivity index is 3.21. The lowest BCUT2D eigenvalue weighted by atomic mass is 10.5. The Hall–Kier alpha value is -0.500. The smallest absolute Gasteiger partial charge is 0.00226 e. The maximum atomic E-state index is 10.4. The number of nitrogens with zero attached hydrogens (tertiary/aromatic N) is 1. The van der Waals surface area contributed by atoms with Crippen molar-refractivity contribution in [3.05, 3.63) is 17.5 Å². The molecule has 0 aromatic heterocycles. The molecule has 8 heavy (non-hydrogen) atoms. The largest absolute Gasteiger partial charge is 0.759 e. The summed E-state index contributed by atoms with van der Waals surface area (Å²) in [6, 6.07) is 0. The van der Waals surface area contributed by atoms with E-state index >= 15 is 0 Å². The molecular weight excluding hydrogens is 102 g/mol. The fourth-order valence-electron chi connectivity index (χ4n) is 0.328. The Kier molecular flexibility index (Phi) is 4.36. The molecule has 0 spiro atoms. The summed E-state index contributed by atoms with van der Waals surface area (Å²) in [6.07, 6.45) is 4.33. The van der Waals surface area contributed by atoms with Gasteiger partial charge in [-0.3, -0.25) is 0 Å². The monoisotopic (exact) mass is 114 g/mol. The highest BCUT2D eigenvalue weighted by atomic mass is 16.5. The van der Waals surface area contributed by atoms with Crippen molar-refractivity contribution in [2.75, 3.05) is 6.54 Å². The molecule has 0 aliphatic carbocycles. The van der Waals surface area contributed by atoms with Gasteiger partial charge in [-0.25, -0.2) is 0 Å². The first-order valence-electron chi connectivity index (χ1n) is 2.91. The molecule has 0 bridgehead atoms. The maximum absolute atomic E-state index is 10.4. The number of rotatable bonds is 3. The van der Waals surface area contributed by atoms with E-state index in [0.717, 1.165) is 11.5 Å². The molecule has 0 unspecified atom stereocenters. The van der Waals surface area contributed by atoms with Crippen molar-refractivity contribution in [1.82, 2.24) is 5.06 Å². The van der Waals surface area contributed by atoms with Crippen LogP contribution < -0.4 is 0 Å². The summed E-state index contributed by atoms with van der Waals surface area (Å²) in [5.41, 5.74) is 0. The molecule has 0 aromatic rings. The zero-order chi connectivity index (χ0) is 6.41. The number of hydroxylamine groups is 2. The van der Waals surface area contributed by atoms with Gasteiger partial charge >= 0.3 is 0 Å². The van der Waals surface area contributed by atoms with Crippen LogP contribution in [0.4, 0.5) is 0 Å². The van der Waals surface area contributed by atoms with Crippen LogP contribution in [0.25, 0.3) is 0 Å². The standard InChI is InChI=1S/C6H12NO/c1-3-5-6-7(8)4-2/h5-6H,3-4H2,1-2H3/q-1/b6-5-. The van der Waals surface area contributed by atoms with Gasteiger partial charge in [0, 0.05) is 6.54 Å². The Bertz CT molecular complexity index is 70.9. The van der Waals surface area contributed by atoms with Crippen molar-refractivity contribution < 1.29 is 0 Å². The van der Waals surface area contributed by atoms with E-state index in [-0.39, 0.29) is 0 Å². The molecule has 0 saturated heterocycles. The predicted octanol–water partition coefficient (Wildman–Crippen LogP) is 1.73. The van der Waals surface area contributed by atoms with Crippen LogP contribution in [0.1, 0.15) is 20.3 Å². The first kappa shape index (κ1) is 7.50. The van der Waals surface area contributed by atoms with E-state index in [1.807, 2.05) is 19.9 Å². The number of allylic oxidation sites excluding steroid dienone is 1. The van der Waals surface area contributed by atoms with E-state index in [4.69, 9.17) is 0 Å². The zero-order valence-electron chi connectivity index (χ0n) is 5.42. The average molecular weight is 114 g/mol. The minimum atomic E-state index is 0.538. The van der Waals surface area contributed by atoms with Gasteiger partial charge < -0.3 is 10.3 Å². The van der Waals surface area contributed by atoms with Gasteiger partial charge in [-0.2, -0.15) is 0 Å². The van der Waals surface area contributed by atoms with Crippen molar-refractivity contribution in [3.8, 4) is 0 Å². The summed E-state index contributed by atoms with van der Waals surface area (Å²) in [7, 11) is 0. The summed E-state index contributed by atoms with van der Waals surface area (Å²) in [5.74, 6) is 0. The quantitative estimate of drug-likeness (QED) is 0.522. The molecule has 0 aliphatic heterocycles. The van der Waals surface area contributed by atoms with Gasteiger partial charge in [-0.05, 0) is 19.5 Å². The van der Waals surface area contributed by atoms with Crippen LogP contribution in [0.3, 0.4) is 0 Å². The number of hydrogen-bond donors (Lipinski definition) is 0. The molecule has 0 aromatic carbocycles. The molecule has 0 rings (SSSR count). The number of hydrogen-bond acceptors (Lipinski definition) is 2. The summed E-state index contributed by atoms with van der Waals surface area (Å²) in [5, 5.41) is 11.3. The van der Waals surface area contributed by atoms with E-state index in [1.165, 1.54) is 0 Å². The molecule has 0 radical (unpaired) electrons. The van der Waals surface area contributed by atoms with Crippen molar-refractivity contribution in [3.63, 3.8) is 0 Å². The Morgan fingerprint density at radius 3 is 2.50 bits per heavy atom. The Labute approximate surface area is 50.4 Å². The average Bonchev–Trinajstić information content (AvgIpc) is 1.83. The minimum Gasteiger partial charge on any atom is -0.759 e. The van der Waals surface area contributed by atoms with Crippen LogP contribution in [0.2, 0.25) is 0 Å². The van der Waals surface area contributed by atoms with Crippen LogP contribution in [-0.2, 0) is 0 Å². The van der Waals surface area contributed by atoms with E-state index < -0.39 is 0 Å². The van der Waals surface area contributed by atoms with E-state index in [9.17, 15) is 5.21 Å². The van der Waals surface area contributed by atoms with Crippen molar-refractivity contribution in [2.24, 2.45) is 0 Å². The van der Waals surface area contributed by atoms with E-state index in [0.29, 0.717) is 6.54 Å². The third-order valence-corrected chi connectivity index (χ3v) is 0.819. The minimum absolute atomic E-state index is 0.538. The molecule has 0 atom stereocenters. The van der Waals surface area contributed by atoms with Crippen LogP contribution in [0, 0.1) is 5.21 Å². The fraction of sp³-hybridized carbons (Fsp3) is 0.667. The highest BCUT2D eigenvalue weighted by molar-refractivity contribution is 4.80. The topological polar surface area (TPSA) is 26.3 Å². The van der Waals surface area contributed by atoms with Gasteiger partial charge in [0.1, 0.15) is 0 Å². The molecule has 0 aliphatic rings. The summed E-state index contributed by atoms with van der Waals surface area (Å²) < 4.78 is 0. The molecule has 0 heterocycles. The summed E-state index contributed by atoms with van der Waals surface area (Å²) >= 11 is 0. The highest BCUT2D eigenvalue weighted by Crippen LogP contribution is 1.85. The van der Waals surface area contributed by atoms with Crippen molar-refractivity contribution >= 4 is 0 Å². The second kappa shape index (κ2) is 4.65. The second-order valence-corrected chi connectivity index (χ2v) is 1.53. The van der Waals surface area contributed by atoms with E-state index in [2.05, 4.69) is 0 Å². The fourth-order valence-corrected chi connectivity index (χ4v) is 0.328. The molecular formula is C6H12NO-. The second-order valence-electron chi connectivity index (χ2n) is 1.53. The zero-order valence-corrected chi connectivity index (χ0v) is 5.42. The van der Waals surface area contributed by atoms with Crippen LogP contribution in [-0.4, -0.2) is 11.6 Å². The van der Waals surface area contributed by atoms with Crippen molar-refractivity contribution in [1.29, 1.82) is 0 Å². The lowest BCUT2D eigenvalue weighted by Crippen LogP contribution is -2.05. The van der Waals surface area contributed by atoms with E-state index in [1.54, 1.807) is 6.20 Å². The van der Waals surface area contributed by atoms with Crippen molar-refractivity contribution in [2.45, 2.75) is 20.3 Å². The lowest BCUT2D eigenvalue weighted by molar-refractivity contribution is 0.538. The molecule has 0 fully saturated rings. The highest BCUT2D eigenvalue weighted by Gasteiger charge is 1.70. The van der Waals surface area contributed by atoms with Gasteiger partial charge in [0.2, 0.25) is 0 Å². The molecule has 2 nitrogen and oxygen atoms in total. The van der Waals surface area contributed by atoms with Crippen LogP contribution in [0.5, 0.6) is 0 Å². The third-order valence-electron chi connectivity index (χ3n) is 0.819. The molecule has 0 N–H and O–H groups in total. The van der Waals surface area contributed by atoms with Gasteiger partial charge in [-0.1, -0.05) is 13.0 Å². The molecule has 48 valence electrons. The Morgan fingerprint density at radius 2 is 2.12 bits per heavy atom. The SMILES string of the molecule is CC/C=C\N([O-])CC. The third kappa shape index (κ3) is 3.68. The van der Waals surface area contributed by atoms with Gasteiger partial charge in [0.15, 0.2) is 0 Å². The first-order valence-corrected chi connectivity index (χ1v) is 2.91. The van der Waals surface area contributed by atoms with Gasteiger partial charge in [0.05, 0.1) is 0 Å². The summed E-state index contributed by atoms with van der Waals surface area (Å²) in [4.78, 5) is 0. The Morgan fingerprint density at radius 1 is 1.50 bits per heavy atom. The van der Waals surface area contributed by atoms with Crippen LogP contribution >= 0.6 is 0 Å².